The lowest BCUT2D eigenvalue weighted by atomic mass is 9.99. The summed E-state index contributed by atoms with van der Waals surface area (Å²) in [6.07, 6.45) is -10.8. The van der Waals surface area contributed by atoms with E-state index in [9.17, 15) is 30.0 Å². The Morgan fingerprint density at radius 2 is 1.79 bits per heavy atom. The highest BCUT2D eigenvalue weighted by molar-refractivity contribution is 6.32. The van der Waals surface area contributed by atoms with Gasteiger partial charge in [0.25, 0.3) is 5.91 Å². The number of aliphatic imine (C=N–C) groups is 1. The average molecular weight is 477 g/mol. The van der Waals surface area contributed by atoms with Crippen molar-refractivity contribution in [1.29, 1.82) is 0 Å². The highest BCUT2D eigenvalue weighted by Crippen LogP contribution is 2.32. The molecule has 2 aromatic carbocycles. The number of halogens is 1. The predicted octanol–water partition coefficient (Wildman–Crippen LogP) is 0.389. The lowest BCUT2D eigenvalue weighted by molar-refractivity contribution is -0.300. The molecule has 0 aliphatic carbocycles. The third kappa shape index (κ3) is 4.36. The Labute approximate surface area is 193 Å². The second-order valence-corrected chi connectivity index (χ2v) is 8.06. The number of benzene rings is 2. The number of benzodiazepines with no additional fused rings is 1. The van der Waals surface area contributed by atoms with Crippen LogP contribution in [0.25, 0.3) is 0 Å². The van der Waals surface area contributed by atoms with Gasteiger partial charge in [0.1, 0.15) is 18.3 Å². The molecule has 2 aromatic rings. The number of aliphatic hydroxyl groups excluding tert-OH is 3. The molecule has 1 fully saturated rings. The molecule has 2 heterocycles. The van der Waals surface area contributed by atoms with Crippen molar-refractivity contribution in [2.75, 3.05) is 11.9 Å². The van der Waals surface area contributed by atoms with Gasteiger partial charge in [-0.1, -0.05) is 41.9 Å². The van der Waals surface area contributed by atoms with Crippen LogP contribution in [-0.4, -0.2) is 82.0 Å². The zero-order chi connectivity index (χ0) is 23.9. The van der Waals surface area contributed by atoms with Crippen molar-refractivity contribution >= 4 is 34.9 Å². The van der Waals surface area contributed by atoms with Gasteiger partial charge in [-0.3, -0.25) is 4.79 Å². The Hall–Kier alpha value is -2.86. The molecule has 10 nitrogen and oxygen atoms in total. The van der Waals surface area contributed by atoms with Crippen LogP contribution in [0.4, 0.5) is 5.69 Å². The number of hydrogen-bond acceptors (Lipinski definition) is 8. The average Bonchev–Trinajstić information content (AvgIpc) is 2.90. The zero-order valence-electron chi connectivity index (χ0n) is 17.3. The monoisotopic (exact) mass is 476 g/mol. The van der Waals surface area contributed by atoms with Gasteiger partial charge < -0.3 is 34.8 Å². The van der Waals surface area contributed by atoms with E-state index in [1.807, 2.05) is 6.07 Å². The quantitative estimate of drug-likeness (QED) is 0.495. The number of carbonyl (C=O) groups excluding carboxylic acids is 1. The van der Waals surface area contributed by atoms with Gasteiger partial charge >= 0.3 is 5.97 Å². The minimum absolute atomic E-state index is 0.372. The van der Waals surface area contributed by atoms with Crippen LogP contribution in [-0.2, 0) is 19.1 Å². The highest BCUT2D eigenvalue weighted by Gasteiger charge is 2.49. The predicted molar refractivity (Wildman–Crippen MR) is 116 cm³/mol. The number of carboxylic acid groups (broad SMARTS) is 1. The first-order chi connectivity index (χ1) is 15.7. The largest absolute Gasteiger partial charge is 0.479 e. The number of aliphatic hydroxyl groups is 3. The minimum atomic E-state index is -1.89. The molecule has 1 saturated heterocycles. The van der Waals surface area contributed by atoms with Crippen molar-refractivity contribution in [2.45, 2.75) is 36.9 Å². The molecule has 33 heavy (non-hydrogen) atoms. The summed E-state index contributed by atoms with van der Waals surface area (Å²) in [4.78, 5) is 30.4. The molecule has 0 radical (unpaired) electrons. The first-order valence-electron chi connectivity index (χ1n) is 9.97. The van der Waals surface area contributed by atoms with Gasteiger partial charge in [-0.2, -0.15) is 0 Å². The molecule has 0 bridgehead atoms. The van der Waals surface area contributed by atoms with Crippen molar-refractivity contribution in [3.63, 3.8) is 0 Å². The van der Waals surface area contributed by atoms with E-state index in [0.717, 1.165) is 0 Å². The maximum Gasteiger partial charge on any atom is 0.335 e. The fourth-order valence-electron chi connectivity index (χ4n) is 3.72. The number of hydrogen-bond donors (Lipinski definition) is 4. The molecule has 6 unspecified atom stereocenters. The summed E-state index contributed by atoms with van der Waals surface area (Å²) in [5, 5.41) is 40.0. The maximum atomic E-state index is 13.2. The molecule has 1 amide bonds. The van der Waals surface area contributed by atoms with E-state index in [1.165, 1.54) is 11.9 Å². The van der Waals surface area contributed by atoms with Crippen molar-refractivity contribution in [3.8, 4) is 0 Å². The first kappa shape index (κ1) is 23.3. The smallest absolute Gasteiger partial charge is 0.335 e. The number of fused-ring (bicyclic) bond motifs is 1. The summed E-state index contributed by atoms with van der Waals surface area (Å²) in [6.45, 7) is 0. The Balaban J connectivity index is 1.76. The van der Waals surface area contributed by atoms with E-state index in [2.05, 4.69) is 4.99 Å². The van der Waals surface area contributed by atoms with Gasteiger partial charge in [0.15, 0.2) is 12.4 Å². The molecule has 4 N–H and O–H groups in total. The number of rotatable bonds is 4. The summed E-state index contributed by atoms with van der Waals surface area (Å²) in [6, 6.07) is 13.9. The first-order valence-corrected chi connectivity index (χ1v) is 10.4. The number of aliphatic carboxylic acids is 1. The Kier molecular flexibility index (Phi) is 6.48. The number of nitrogens with zero attached hydrogens (tertiary/aromatic N) is 2. The van der Waals surface area contributed by atoms with E-state index < -0.39 is 48.8 Å². The molecule has 0 aromatic heterocycles. The van der Waals surface area contributed by atoms with Gasteiger partial charge in [0.05, 0.1) is 11.4 Å². The molecule has 2 aliphatic heterocycles. The van der Waals surface area contributed by atoms with E-state index in [-0.39, 0.29) is 0 Å². The van der Waals surface area contributed by atoms with Gasteiger partial charge in [-0.05, 0) is 18.2 Å². The summed E-state index contributed by atoms with van der Waals surface area (Å²) in [5.74, 6) is -2.20. The van der Waals surface area contributed by atoms with E-state index in [4.69, 9.17) is 21.1 Å². The van der Waals surface area contributed by atoms with Crippen LogP contribution >= 0.6 is 11.6 Å². The van der Waals surface area contributed by atoms with Crippen molar-refractivity contribution in [3.05, 3.63) is 64.7 Å². The van der Waals surface area contributed by atoms with E-state index in [0.29, 0.717) is 27.5 Å². The third-order valence-corrected chi connectivity index (χ3v) is 5.72. The zero-order valence-corrected chi connectivity index (χ0v) is 18.0. The van der Waals surface area contributed by atoms with Crippen molar-refractivity contribution < 1.29 is 39.5 Å². The Bertz CT molecular complexity index is 1100. The van der Waals surface area contributed by atoms with Crippen LogP contribution in [0.5, 0.6) is 0 Å². The van der Waals surface area contributed by atoms with E-state index in [1.54, 1.807) is 42.5 Å². The number of likely N-dealkylation sites (N-methyl/N-ethyl adjacent to an activating group) is 1. The highest BCUT2D eigenvalue weighted by atomic mass is 35.5. The summed E-state index contributed by atoms with van der Waals surface area (Å²) in [5.41, 5.74) is 2.08. The van der Waals surface area contributed by atoms with Crippen LogP contribution in [0.2, 0.25) is 5.02 Å². The number of carbonyl (C=O) groups is 2. The molecule has 0 saturated carbocycles. The summed E-state index contributed by atoms with van der Waals surface area (Å²) in [7, 11) is 1.51. The Morgan fingerprint density at radius 3 is 2.45 bits per heavy atom. The molecule has 6 atom stereocenters. The number of amides is 1. The van der Waals surface area contributed by atoms with Crippen LogP contribution in [0.1, 0.15) is 11.1 Å². The normalized spacial score (nSPS) is 29.8. The minimum Gasteiger partial charge on any atom is -0.479 e. The third-order valence-electron chi connectivity index (χ3n) is 5.49. The van der Waals surface area contributed by atoms with Crippen LogP contribution in [0.3, 0.4) is 0 Å². The number of carboxylic acids is 1. The molecular formula is C22H21ClN2O8. The van der Waals surface area contributed by atoms with Crippen molar-refractivity contribution in [2.24, 2.45) is 4.99 Å². The van der Waals surface area contributed by atoms with Crippen molar-refractivity contribution in [1.82, 2.24) is 0 Å². The number of anilines is 1. The molecule has 0 spiro atoms. The SMILES string of the molecule is CN1C(=O)C(OC2OC(C(=O)O)C(O)C(O)C2O)N=C(c2ccccc2)c2cc(Cl)ccc21. The second kappa shape index (κ2) is 9.18. The van der Waals surface area contributed by atoms with Crippen LogP contribution in [0.15, 0.2) is 53.5 Å². The summed E-state index contributed by atoms with van der Waals surface area (Å²) >= 11 is 6.20. The fourth-order valence-corrected chi connectivity index (χ4v) is 3.90. The molecule has 11 heteroatoms. The molecule has 2 aliphatic rings. The summed E-state index contributed by atoms with van der Waals surface area (Å²) < 4.78 is 10.8. The van der Waals surface area contributed by atoms with Crippen LogP contribution in [0, 0.1) is 0 Å². The molecular weight excluding hydrogens is 456 g/mol. The van der Waals surface area contributed by atoms with Crippen LogP contribution < -0.4 is 4.90 Å². The van der Waals surface area contributed by atoms with E-state index >= 15 is 0 Å². The maximum absolute atomic E-state index is 13.2. The lowest BCUT2D eigenvalue weighted by Crippen LogP contribution is -2.61. The van der Waals surface area contributed by atoms with Gasteiger partial charge in [-0.15, -0.1) is 0 Å². The standard InChI is InChI=1S/C22H21ClN2O8/c1-25-13-8-7-11(23)9-12(13)14(10-5-3-2-4-6-10)24-19(20(25)29)33-22-17(28)15(26)16(27)18(32-22)21(30)31/h2-9,15-19,22,26-28H,1H3,(H,30,31). The number of ether oxygens (including phenoxy) is 2. The van der Waals surface area contributed by atoms with Gasteiger partial charge in [0, 0.05) is 23.2 Å². The van der Waals surface area contributed by atoms with Gasteiger partial charge in [0.2, 0.25) is 6.23 Å². The fraction of sp³-hybridized carbons (Fsp3) is 0.318. The lowest BCUT2D eigenvalue weighted by Gasteiger charge is -2.39. The Morgan fingerprint density at radius 1 is 1.09 bits per heavy atom. The second-order valence-electron chi connectivity index (χ2n) is 7.63. The topological polar surface area (TPSA) is 149 Å². The molecule has 4 rings (SSSR count). The van der Waals surface area contributed by atoms with Gasteiger partial charge in [-0.25, -0.2) is 9.79 Å². The molecule has 174 valence electrons.